The van der Waals surface area contributed by atoms with Crippen LogP contribution in [0, 0.1) is 11.3 Å². The van der Waals surface area contributed by atoms with E-state index in [1.165, 1.54) is 6.07 Å². The summed E-state index contributed by atoms with van der Waals surface area (Å²) in [6, 6.07) is -0.0201. The van der Waals surface area contributed by atoms with Crippen molar-refractivity contribution in [3.63, 3.8) is 0 Å². The zero-order chi connectivity index (χ0) is 12.9. The van der Waals surface area contributed by atoms with Crippen molar-refractivity contribution in [2.75, 3.05) is 5.75 Å². The molecule has 0 fully saturated rings. The highest BCUT2D eigenvalue weighted by Crippen LogP contribution is 2.03. The molecule has 0 saturated heterocycles. The Morgan fingerprint density at radius 3 is 2.31 bits per heavy atom. The van der Waals surface area contributed by atoms with Gasteiger partial charge in [-0.05, 0) is 6.92 Å². The van der Waals surface area contributed by atoms with Crippen LogP contribution in [0.25, 0.3) is 0 Å². The molecule has 1 unspecified atom stereocenters. The molecule has 0 rings (SSSR count). The third kappa shape index (κ3) is 4.27. The second-order valence-electron chi connectivity index (χ2n) is 3.19. The smallest absolute Gasteiger partial charge is 0.327 e. The third-order valence-electron chi connectivity index (χ3n) is 1.80. The monoisotopic (exact) mass is 248 g/mol. The summed E-state index contributed by atoms with van der Waals surface area (Å²) >= 11 is 0. The zero-order valence-corrected chi connectivity index (χ0v) is 9.61. The Hall–Kier alpha value is -1.62. The summed E-state index contributed by atoms with van der Waals surface area (Å²) in [5.41, 5.74) is 0. The number of nitrogens with zero attached hydrogens (tertiary/aromatic N) is 1. The van der Waals surface area contributed by atoms with Gasteiger partial charge in [-0.25, -0.2) is 13.2 Å². The van der Waals surface area contributed by atoms with Gasteiger partial charge in [0.15, 0.2) is 9.84 Å². The molecule has 0 aromatic carbocycles. The van der Waals surface area contributed by atoms with Gasteiger partial charge in [-0.2, -0.15) is 5.26 Å². The summed E-state index contributed by atoms with van der Waals surface area (Å²) < 4.78 is 22.8. The Morgan fingerprint density at radius 1 is 1.50 bits per heavy atom. The van der Waals surface area contributed by atoms with Gasteiger partial charge in [0.25, 0.3) is 0 Å². The minimum absolute atomic E-state index is 0.646. The van der Waals surface area contributed by atoms with E-state index in [-0.39, 0.29) is 0 Å². The Balaban J connectivity index is 4.85. The van der Waals surface area contributed by atoms with Gasteiger partial charge in [0.05, 0.1) is 11.8 Å². The molecule has 0 saturated carbocycles. The number of nitrogens with one attached hydrogen (secondary N) is 1. The number of carbonyl (C=O) groups is 2. The number of carboxylic acids is 1. The summed E-state index contributed by atoms with van der Waals surface area (Å²) in [6.07, 6.45) is 0. The second-order valence-corrected chi connectivity index (χ2v) is 5.56. The average molecular weight is 248 g/mol. The van der Waals surface area contributed by atoms with E-state index >= 15 is 0 Å². The number of rotatable bonds is 5. The lowest BCUT2D eigenvalue weighted by molar-refractivity contribution is -0.140. The SMILES string of the molecule is CC(=O)N[C@@H](CS(=O)(=O)C(C)C#N)C(=O)O. The number of hydrogen-bond acceptors (Lipinski definition) is 5. The predicted octanol–water partition coefficient (Wildman–Crippen LogP) is -1.10. The number of carboxylic acid groups (broad SMARTS) is 1. The van der Waals surface area contributed by atoms with Crippen LogP contribution in [0.1, 0.15) is 13.8 Å². The van der Waals surface area contributed by atoms with Crippen LogP contribution in [0.3, 0.4) is 0 Å². The van der Waals surface area contributed by atoms with Crippen molar-refractivity contribution in [2.24, 2.45) is 0 Å². The number of sulfone groups is 1. The lowest BCUT2D eigenvalue weighted by Gasteiger charge is -2.14. The van der Waals surface area contributed by atoms with Crippen LogP contribution < -0.4 is 5.32 Å². The average Bonchev–Trinajstić information content (AvgIpc) is 2.14. The van der Waals surface area contributed by atoms with Gasteiger partial charge in [-0.15, -0.1) is 0 Å². The molecular weight excluding hydrogens is 236 g/mol. The van der Waals surface area contributed by atoms with Gasteiger partial charge in [0.1, 0.15) is 11.3 Å². The largest absolute Gasteiger partial charge is 0.480 e. The first-order valence-corrected chi connectivity index (χ1v) is 6.03. The molecule has 0 aliphatic rings. The number of amides is 1. The molecule has 90 valence electrons. The topological polar surface area (TPSA) is 124 Å². The van der Waals surface area contributed by atoms with E-state index < -0.39 is 38.8 Å². The van der Waals surface area contributed by atoms with Crippen molar-refractivity contribution in [3.05, 3.63) is 0 Å². The molecule has 2 atom stereocenters. The van der Waals surface area contributed by atoms with Crippen LogP contribution in [-0.4, -0.2) is 42.4 Å². The van der Waals surface area contributed by atoms with Crippen LogP contribution in [0.15, 0.2) is 0 Å². The van der Waals surface area contributed by atoms with Gasteiger partial charge in [0.2, 0.25) is 5.91 Å². The first-order chi connectivity index (χ1) is 7.20. The van der Waals surface area contributed by atoms with E-state index in [0.717, 1.165) is 13.8 Å². The summed E-state index contributed by atoms with van der Waals surface area (Å²) in [5, 5.41) is 17.8. The summed E-state index contributed by atoms with van der Waals surface area (Å²) in [6.45, 7) is 2.23. The van der Waals surface area contributed by atoms with Crippen LogP contribution in [0.2, 0.25) is 0 Å². The van der Waals surface area contributed by atoms with Crippen molar-refractivity contribution < 1.29 is 23.1 Å². The summed E-state index contributed by atoms with van der Waals surface area (Å²) in [5.74, 6) is -2.90. The van der Waals surface area contributed by atoms with Gasteiger partial charge < -0.3 is 10.4 Å². The highest BCUT2D eigenvalue weighted by molar-refractivity contribution is 7.92. The first-order valence-electron chi connectivity index (χ1n) is 4.31. The Bertz CT molecular complexity index is 422. The van der Waals surface area contributed by atoms with Gasteiger partial charge in [0, 0.05) is 6.92 Å². The molecule has 0 heterocycles. The highest BCUT2D eigenvalue weighted by Gasteiger charge is 2.29. The van der Waals surface area contributed by atoms with E-state index in [4.69, 9.17) is 10.4 Å². The molecule has 8 heteroatoms. The normalized spacial score (nSPS) is 14.6. The number of aliphatic carboxylic acids is 1. The maximum Gasteiger partial charge on any atom is 0.327 e. The maximum absolute atomic E-state index is 11.4. The third-order valence-corrected chi connectivity index (χ3v) is 3.78. The maximum atomic E-state index is 11.4. The van der Waals surface area contributed by atoms with E-state index in [2.05, 4.69) is 0 Å². The van der Waals surface area contributed by atoms with Crippen molar-refractivity contribution in [1.82, 2.24) is 5.32 Å². The Labute approximate surface area is 93.0 Å². The van der Waals surface area contributed by atoms with Crippen LogP contribution in [-0.2, 0) is 19.4 Å². The van der Waals surface area contributed by atoms with E-state index in [1.807, 2.05) is 5.32 Å². The lowest BCUT2D eigenvalue weighted by Crippen LogP contribution is -2.45. The summed E-state index contributed by atoms with van der Waals surface area (Å²) in [7, 11) is -3.86. The zero-order valence-electron chi connectivity index (χ0n) is 8.80. The standard InChI is InChI=1S/C8H12N2O5S/c1-5(3-9)16(14,15)4-7(8(12)13)10-6(2)11/h5,7H,4H2,1-2H3,(H,10,11)(H,12,13)/t5?,7-/m0/s1. The fraction of sp³-hybridized carbons (Fsp3) is 0.625. The van der Waals surface area contributed by atoms with Gasteiger partial charge >= 0.3 is 5.97 Å². The van der Waals surface area contributed by atoms with E-state index in [0.29, 0.717) is 0 Å². The molecule has 0 bridgehead atoms. The molecule has 7 nitrogen and oxygen atoms in total. The van der Waals surface area contributed by atoms with E-state index in [9.17, 15) is 18.0 Å². The van der Waals surface area contributed by atoms with Gasteiger partial charge in [-0.3, -0.25) is 4.79 Å². The lowest BCUT2D eigenvalue weighted by atomic mass is 10.3. The van der Waals surface area contributed by atoms with Crippen LogP contribution in [0.4, 0.5) is 0 Å². The second kappa shape index (κ2) is 5.46. The Morgan fingerprint density at radius 2 is 2.00 bits per heavy atom. The predicted molar refractivity (Wildman–Crippen MR) is 54.1 cm³/mol. The van der Waals surface area contributed by atoms with Crippen molar-refractivity contribution in [2.45, 2.75) is 25.1 Å². The van der Waals surface area contributed by atoms with Crippen LogP contribution >= 0.6 is 0 Å². The fourth-order valence-electron chi connectivity index (χ4n) is 0.877. The molecule has 1 amide bonds. The quantitative estimate of drug-likeness (QED) is 0.636. The first kappa shape index (κ1) is 14.4. The number of hydrogen-bond donors (Lipinski definition) is 2. The minimum Gasteiger partial charge on any atom is -0.480 e. The van der Waals surface area contributed by atoms with Crippen molar-refractivity contribution in [1.29, 1.82) is 5.26 Å². The molecule has 0 aromatic heterocycles. The van der Waals surface area contributed by atoms with Crippen molar-refractivity contribution >= 4 is 21.7 Å². The Kier molecular flexibility index (Phi) is 4.91. The molecule has 0 aliphatic carbocycles. The minimum atomic E-state index is -3.86. The molecule has 2 N–H and O–H groups in total. The molecule has 0 radical (unpaired) electrons. The molecule has 0 aliphatic heterocycles. The molecule has 0 spiro atoms. The van der Waals surface area contributed by atoms with Crippen LogP contribution in [0.5, 0.6) is 0 Å². The summed E-state index contributed by atoms with van der Waals surface area (Å²) in [4.78, 5) is 21.3. The highest BCUT2D eigenvalue weighted by atomic mass is 32.2. The number of carbonyl (C=O) groups excluding carboxylic acids is 1. The van der Waals surface area contributed by atoms with E-state index in [1.54, 1.807) is 0 Å². The molecular formula is C8H12N2O5S. The molecule has 16 heavy (non-hydrogen) atoms. The fourth-order valence-corrected chi connectivity index (χ4v) is 2.02. The van der Waals surface area contributed by atoms with Gasteiger partial charge in [-0.1, -0.05) is 0 Å². The molecule has 0 aromatic rings. The number of nitriles is 1. The van der Waals surface area contributed by atoms with Crippen molar-refractivity contribution in [3.8, 4) is 6.07 Å².